The van der Waals surface area contributed by atoms with Gasteiger partial charge in [0.2, 0.25) is 11.8 Å². The van der Waals surface area contributed by atoms with Crippen molar-refractivity contribution in [3.05, 3.63) is 35.9 Å². The molecule has 0 aliphatic carbocycles. The lowest BCUT2D eigenvalue weighted by Crippen LogP contribution is -2.54. The summed E-state index contributed by atoms with van der Waals surface area (Å²) in [4.78, 5) is 29.0. The van der Waals surface area contributed by atoms with Crippen LogP contribution in [0.15, 0.2) is 30.3 Å². The molecule has 2 aliphatic rings. The number of piperidine rings is 2. The van der Waals surface area contributed by atoms with E-state index >= 15 is 0 Å². The van der Waals surface area contributed by atoms with Crippen molar-refractivity contribution >= 4 is 11.8 Å². The first-order valence-corrected chi connectivity index (χ1v) is 10.8. The largest absolute Gasteiger partial charge is 0.354 e. The summed E-state index contributed by atoms with van der Waals surface area (Å²) in [5.74, 6) is 0.438. The van der Waals surface area contributed by atoms with Crippen molar-refractivity contribution in [2.24, 2.45) is 5.41 Å². The zero-order valence-corrected chi connectivity index (χ0v) is 17.5. The number of hydrogen-bond acceptors (Lipinski definition) is 3. The van der Waals surface area contributed by atoms with Crippen LogP contribution in [0.3, 0.4) is 0 Å². The first kappa shape index (κ1) is 20.8. The Hall–Kier alpha value is -1.88. The Morgan fingerprint density at radius 3 is 2.68 bits per heavy atom. The molecule has 0 aromatic heterocycles. The maximum Gasteiger partial charge on any atom is 0.222 e. The molecule has 2 heterocycles. The van der Waals surface area contributed by atoms with Gasteiger partial charge in [-0.3, -0.25) is 9.59 Å². The van der Waals surface area contributed by atoms with Gasteiger partial charge >= 0.3 is 0 Å². The van der Waals surface area contributed by atoms with E-state index in [9.17, 15) is 9.59 Å². The summed E-state index contributed by atoms with van der Waals surface area (Å²) in [7, 11) is 0. The fourth-order valence-electron chi connectivity index (χ4n) is 4.70. The van der Waals surface area contributed by atoms with Crippen LogP contribution in [0.2, 0.25) is 0 Å². The molecule has 0 radical (unpaired) electrons. The van der Waals surface area contributed by atoms with Gasteiger partial charge in [-0.15, -0.1) is 0 Å². The first-order valence-electron chi connectivity index (χ1n) is 10.8. The van der Waals surface area contributed by atoms with Gasteiger partial charge in [0.05, 0.1) is 0 Å². The molecule has 0 unspecified atom stereocenters. The third-order valence-electron chi connectivity index (χ3n) is 6.11. The van der Waals surface area contributed by atoms with Crippen LogP contribution in [0.25, 0.3) is 0 Å². The predicted molar refractivity (Wildman–Crippen MR) is 112 cm³/mol. The van der Waals surface area contributed by atoms with Gasteiger partial charge in [-0.25, -0.2) is 0 Å². The van der Waals surface area contributed by atoms with Crippen molar-refractivity contribution in [1.29, 1.82) is 0 Å². The molecule has 154 valence electrons. The molecule has 2 fully saturated rings. The number of carbonyl (C=O) groups is 2. The molecule has 28 heavy (non-hydrogen) atoms. The maximum atomic E-state index is 12.5. The minimum atomic E-state index is 0.137. The standard InChI is InChI=1S/C23H35N3O2/c1-19(2)24-21(27)11-15-25-14-6-12-23(17-25)13-9-22(28)26(18-23)16-10-20-7-4-3-5-8-20/h3-5,7-8,19H,6,9-18H2,1-2H3,(H,24,27)/t23-/m1/s1. The second-order valence-corrected chi connectivity index (χ2v) is 8.90. The lowest BCUT2D eigenvalue weighted by molar-refractivity contribution is -0.139. The average Bonchev–Trinajstić information content (AvgIpc) is 2.68. The molecule has 1 spiro atoms. The van der Waals surface area contributed by atoms with Crippen molar-refractivity contribution in [2.45, 2.75) is 58.4 Å². The highest BCUT2D eigenvalue weighted by Gasteiger charge is 2.41. The van der Waals surface area contributed by atoms with Crippen LogP contribution in [-0.4, -0.2) is 60.4 Å². The average molecular weight is 386 g/mol. The number of nitrogens with one attached hydrogen (secondary N) is 1. The SMILES string of the molecule is CC(C)NC(=O)CCN1CCC[C@@]2(CCC(=O)N(CCc3ccccc3)C2)C1. The number of hydrogen-bond donors (Lipinski definition) is 1. The molecule has 0 bridgehead atoms. The Morgan fingerprint density at radius 1 is 1.14 bits per heavy atom. The van der Waals surface area contributed by atoms with Crippen LogP contribution >= 0.6 is 0 Å². The van der Waals surface area contributed by atoms with Crippen molar-refractivity contribution in [1.82, 2.24) is 15.1 Å². The summed E-state index contributed by atoms with van der Waals surface area (Å²) in [6.07, 6.45) is 5.48. The number of likely N-dealkylation sites (tertiary alicyclic amines) is 2. The number of rotatable bonds is 7. The third-order valence-corrected chi connectivity index (χ3v) is 6.11. The van der Waals surface area contributed by atoms with E-state index in [2.05, 4.69) is 39.4 Å². The molecule has 5 nitrogen and oxygen atoms in total. The summed E-state index contributed by atoms with van der Waals surface area (Å²) < 4.78 is 0. The Bertz CT molecular complexity index is 661. The van der Waals surface area contributed by atoms with Gasteiger partial charge in [-0.1, -0.05) is 30.3 Å². The van der Waals surface area contributed by atoms with E-state index in [4.69, 9.17) is 0 Å². The third kappa shape index (κ3) is 5.81. The highest BCUT2D eigenvalue weighted by molar-refractivity contribution is 5.77. The van der Waals surface area contributed by atoms with Crippen LogP contribution < -0.4 is 5.32 Å². The van der Waals surface area contributed by atoms with Crippen molar-refractivity contribution in [3.8, 4) is 0 Å². The summed E-state index contributed by atoms with van der Waals surface area (Å²) >= 11 is 0. The molecule has 0 saturated carbocycles. The Kier molecular flexibility index (Phi) is 7.11. The maximum absolute atomic E-state index is 12.5. The summed E-state index contributed by atoms with van der Waals surface area (Å²) in [6, 6.07) is 10.6. The molecule has 1 atom stereocenters. The molecule has 2 aliphatic heterocycles. The van der Waals surface area contributed by atoms with E-state index in [0.717, 1.165) is 52.0 Å². The number of nitrogens with zero attached hydrogens (tertiary/aromatic N) is 2. The van der Waals surface area contributed by atoms with Crippen LogP contribution in [0.1, 0.15) is 51.5 Å². The van der Waals surface area contributed by atoms with Gasteiger partial charge in [0.1, 0.15) is 0 Å². The quantitative estimate of drug-likeness (QED) is 0.785. The van der Waals surface area contributed by atoms with E-state index in [1.807, 2.05) is 19.9 Å². The lowest BCUT2D eigenvalue weighted by Gasteiger charge is -2.48. The van der Waals surface area contributed by atoms with Crippen LogP contribution in [0, 0.1) is 5.41 Å². The van der Waals surface area contributed by atoms with Crippen molar-refractivity contribution in [3.63, 3.8) is 0 Å². The fraction of sp³-hybridized carbons (Fsp3) is 0.652. The van der Waals surface area contributed by atoms with Gasteiger partial charge in [0, 0.05) is 50.5 Å². The van der Waals surface area contributed by atoms with Crippen LogP contribution in [-0.2, 0) is 16.0 Å². The summed E-state index contributed by atoms with van der Waals surface area (Å²) in [5, 5.41) is 2.98. The second-order valence-electron chi connectivity index (χ2n) is 8.90. The van der Waals surface area contributed by atoms with Crippen LogP contribution in [0.4, 0.5) is 0 Å². The van der Waals surface area contributed by atoms with Gasteiger partial charge in [-0.2, -0.15) is 0 Å². The molecule has 1 aromatic carbocycles. The highest BCUT2D eigenvalue weighted by Crippen LogP contribution is 2.38. The minimum absolute atomic E-state index is 0.137. The molecule has 2 saturated heterocycles. The summed E-state index contributed by atoms with van der Waals surface area (Å²) in [6.45, 7) is 8.56. The second kappa shape index (κ2) is 9.55. The number of amides is 2. The number of carbonyl (C=O) groups excluding carboxylic acids is 2. The molecule has 2 amide bonds. The van der Waals surface area contributed by atoms with Crippen molar-refractivity contribution < 1.29 is 9.59 Å². The Labute approximate surface area is 169 Å². The molecule has 1 N–H and O–H groups in total. The van der Waals surface area contributed by atoms with E-state index in [1.165, 1.54) is 12.0 Å². The topological polar surface area (TPSA) is 52.7 Å². The highest BCUT2D eigenvalue weighted by atomic mass is 16.2. The monoisotopic (exact) mass is 385 g/mol. The van der Waals surface area contributed by atoms with E-state index in [1.54, 1.807) is 0 Å². The molecule has 5 heteroatoms. The number of benzene rings is 1. The zero-order valence-electron chi connectivity index (χ0n) is 17.5. The smallest absolute Gasteiger partial charge is 0.222 e. The lowest BCUT2D eigenvalue weighted by atomic mass is 9.73. The molecular formula is C23H35N3O2. The van der Waals surface area contributed by atoms with Gasteiger partial charge < -0.3 is 15.1 Å². The Morgan fingerprint density at radius 2 is 1.93 bits per heavy atom. The van der Waals surface area contributed by atoms with E-state index in [-0.39, 0.29) is 17.4 Å². The first-order chi connectivity index (χ1) is 13.5. The molecule has 1 aromatic rings. The predicted octanol–water partition coefficient (Wildman–Crippen LogP) is 2.85. The van der Waals surface area contributed by atoms with Gasteiger partial charge in [0.15, 0.2) is 0 Å². The van der Waals surface area contributed by atoms with Gasteiger partial charge in [-0.05, 0) is 51.6 Å². The molecular weight excluding hydrogens is 350 g/mol. The van der Waals surface area contributed by atoms with E-state index in [0.29, 0.717) is 18.7 Å². The van der Waals surface area contributed by atoms with Crippen LogP contribution in [0.5, 0.6) is 0 Å². The zero-order chi connectivity index (χ0) is 20.0. The van der Waals surface area contributed by atoms with Crippen molar-refractivity contribution in [2.75, 3.05) is 32.7 Å². The Balaban J connectivity index is 1.53. The van der Waals surface area contributed by atoms with Gasteiger partial charge in [0.25, 0.3) is 0 Å². The normalized spacial score (nSPS) is 23.4. The molecule has 3 rings (SSSR count). The summed E-state index contributed by atoms with van der Waals surface area (Å²) in [5.41, 5.74) is 1.49. The van der Waals surface area contributed by atoms with E-state index < -0.39 is 0 Å². The minimum Gasteiger partial charge on any atom is -0.354 e. The fourth-order valence-corrected chi connectivity index (χ4v) is 4.70.